The minimum absolute atomic E-state index is 0.0470. The van der Waals surface area contributed by atoms with Crippen LogP contribution in [-0.4, -0.2) is 79.3 Å². The first-order valence-corrected chi connectivity index (χ1v) is 21.6. The zero-order valence-corrected chi connectivity index (χ0v) is 34.4. The largest absolute Gasteiger partial charge is 0.493 e. The van der Waals surface area contributed by atoms with Crippen LogP contribution < -0.4 is 28.3 Å². The molecule has 3 fully saturated rings. The molecule has 56 heavy (non-hydrogen) atoms. The van der Waals surface area contributed by atoms with Gasteiger partial charge in [0.1, 0.15) is 5.75 Å². The lowest BCUT2D eigenvalue weighted by molar-refractivity contribution is -0.131. The summed E-state index contributed by atoms with van der Waals surface area (Å²) in [4.78, 5) is 19.2. The summed E-state index contributed by atoms with van der Waals surface area (Å²) in [6.07, 6.45) is 5.70. The summed E-state index contributed by atoms with van der Waals surface area (Å²) in [5.74, 6) is 8.92. The number of nitrogens with zero attached hydrogens (tertiary/aromatic N) is 3. The number of fused-ring (bicyclic) bond motifs is 6. The molecule has 0 spiro atoms. The predicted molar refractivity (Wildman–Crippen MR) is 218 cm³/mol. The van der Waals surface area contributed by atoms with E-state index in [0.29, 0.717) is 62.8 Å². The number of hydrogen-bond donors (Lipinski definition) is 0. The second-order valence-electron chi connectivity index (χ2n) is 16.6. The van der Waals surface area contributed by atoms with Crippen molar-refractivity contribution in [3.63, 3.8) is 0 Å². The first-order chi connectivity index (χ1) is 26.8. The lowest BCUT2D eigenvalue weighted by Gasteiger charge is -2.62. The Morgan fingerprint density at radius 1 is 0.982 bits per heavy atom. The monoisotopic (exact) mass is 777 g/mol. The summed E-state index contributed by atoms with van der Waals surface area (Å²) in [7, 11) is -0.241. The predicted octanol–water partition coefficient (Wildman–Crippen LogP) is 6.31. The van der Waals surface area contributed by atoms with Gasteiger partial charge in [-0.25, -0.2) is 8.42 Å². The molecule has 11 heteroatoms. The Morgan fingerprint density at radius 2 is 1.71 bits per heavy atom. The van der Waals surface area contributed by atoms with Crippen molar-refractivity contribution in [2.45, 2.75) is 83.9 Å². The summed E-state index contributed by atoms with van der Waals surface area (Å²) in [5, 5.41) is 0. The van der Waals surface area contributed by atoms with Crippen molar-refractivity contribution in [3.05, 3.63) is 80.9 Å². The minimum atomic E-state index is -3.53. The van der Waals surface area contributed by atoms with Crippen molar-refractivity contribution in [2.75, 3.05) is 60.9 Å². The number of carbonyl (C=O) groups excluding carboxylic acids is 1. The van der Waals surface area contributed by atoms with Gasteiger partial charge in [-0.15, -0.1) is 5.92 Å². The van der Waals surface area contributed by atoms with Gasteiger partial charge in [-0.1, -0.05) is 29.7 Å². The van der Waals surface area contributed by atoms with Crippen LogP contribution in [0.2, 0.25) is 0 Å². The third-order valence-electron chi connectivity index (χ3n) is 13.7. The molecular formula is C45H51N3O7S. The number of benzene rings is 3. The van der Waals surface area contributed by atoms with Crippen LogP contribution in [0.4, 0.5) is 17.1 Å². The van der Waals surface area contributed by atoms with Gasteiger partial charge in [0, 0.05) is 47.8 Å². The smallest absolute Gasteiger partial charge is 0.232 e. The standard InChI is InChI=1S/C45H51N3O7S/c1-9-10-30-28(5)34(21-35-31(30)11-14-47(35)56(8,50)51)46-24-29-12-15-54-39-23-41(49)48-36-22-38(53-7)37(52-6)20-33(36)45(40(46)19-32(29)42(39)44(45)48)13-16-55-43-26(3)17-25(2)18-27(43)4/h12,17-18,20-22,32,39-40,42,44H,11,13-16,19,23-24H2,1-8H3/t32-,39+,40-,42+,44+,45-/m1/s1. The lowest BCUT2D eigenvalue weighted by Crippen LogP contribution is -2.72. The summed E-state index contributed by atoms with van der Waals surface area (Å²) >= 11 is 0. The summed E-state index contributed by atoms with van der Waals surface area (Å²) < 4.78 is 53.4. The molecule has 0 unspecified atom stereocenters. The molecule has 2 bridgehead atoms. The van der Waals surface area contributed by atoms with E-state index in [1.807, 2.05) is 13.0 Å². The van der Waals surface area contributed by atoms with Gasteiger partial charge in [0.2, 0.25) is 15.9 Å². The minimum Gasteiger partial charge on any atom is -0.493 e. The molecule has 10 nitrogen and oxygen atoms in total. The first-order valence-electron chi connectivity index (χ1n) is 19.8. The quantitative estimate of drug-likeness (QED) is 0.194. The second-order valence-corrected chi connectivity index (χ2v) is 18.5. The van der Waals surface area contributed by atoms with E-state index in [4.69, 9.17) is 18.9 Å². The average Bonchev–Trinajstić information content (AvgIpc) is 3.65. The zero-order valence-electron chi connectivity index (χ0n) is 33.6. The summed E-state index contributed by atoms with van der Waals surface area (Å²) in [5.41, 5.74) is 10.6. The highest BCUT2D eigenvalue weighted by Crippen LogP contribution is 2.65. The normalized spacial score (nSPS) is 26.9. The highest BCUT2D eigenvalue weighted by atomic mass is 32.2. The Labute approximate surface area is 330 Å². The van der Waals surface area contributed by atoms with Crippen molar-refractivity contribution in [2.24, 2.45) is 11.8 Å². The van der Waals surface area contributed by atoms with Gasteiger partial charge in [0.15, 0.2) is 11.5 Å². The Balaban J connectivity index is 1.29. The number of methoxy groups -OCH3 is 2. The number of piperidine rings is 2. The van der Waals surface area contributed by atoms with Crippen molar-refractivity contribution in [3.8, 4) is 29.1 Å². The van der Waals surface area contributed by atoms with E-state index in [1.165, 1.54) is 17.4 Å². The van der Waals surface area contributed by atoms with Crippen LogP contribution in [0.3, 0.4) is 0 Å². The number of carbonyl (C=O) groups is 1. The van der Waals surface area contributed by atoms with Gasteiger partial charge >= 0.3 is 0 Å². The Morgan fingerprint density at radius 3 is 2.41 bits per heavy atom. The summed E-state index contributed by atoms with van der Waals surface area (Å²) in [6.45, 7) is 12.2. The maximum Gasteiger partial charge on any atom is 0.232 e. The average molecular weight is 778 g/mol. The maximum atomic E-state index is 14.6. The van der Waals surface area contributed by atoms with E-state index in [0.717, 1.165) is 56.9 Å². The van der Waals surface area contributed by atoms with E-state index in [-0.39, 0.29) is 35.9 Å². The molecule has 1 aliphatic carbocycles. The van der Waals surface area contributed by atoms with Crippen molar-refractivity contribution >= 4 is 33.0 Å². The maximum absolute atomic E-state index is 14.6. The molecule has 9 rings (SSSR count). The Hall–Kier alpha value is -4.66. The second kappa shape index (κ2) is 13.2. The van der Waals surface area contributed by atoms with Gasteiger partial charge < -0.3 is 28.7 Å². The van der Waals surface area contributed by atoms with Crippen molar-refractivity contribution < 1.29 is 32.2 Å². The molecule has 0 aromatic heterocycles. The van der Waals surface area contributed by atoms with E-state index in [2.05, 4.69) is 79.7 Å². The molecule has 5 heterocycles. The molecule has 6 aliphatic rings. The van der Waals surface area contributed by atoms with Gasteiger partial charge in [-0.05, 0) is 105 Å². The molecule has 1 amide bonds. The van der Waals surface area contributed by atoms with Gasteiger partial charge in [-0.2, -0.15) is 0 Å². The fourth-order valence-electron chi connectivity index (χ4n) is 11.7. The Bertz CT molecular complexity index is 2370. The molecule has 3 aromatic carbocycles. The van der Waals surface area contributed by atoms with Crippen molar-refractivity contribution in [1.82, 2.24) is 0 Å². The van der Waals surface area contributed by atoms with Crippen molar-refractivity contribution in [1.29, 1.82) is 0 Å². The van der Waals surface area contributed by atoms with Crippen LogP contribution >= 0.6 is 0 Å². The lowest BCUT2D eigenvalue weighted by atomic mass is 9.51. The first kappa shape index (κ1) is 36.9. The van der Waals surface area contributed by atoms with E-state index in [1.54, 1.807) is 18.5 Å². The molecule has 0 radical (unpaired) electrons. The SMILES string of the molecule is CC#Cc1c(C)c(N2CC3=CCO[C@H]4CC(=O)N5c6cc(OC)c(OC)cc6[C@@]6(CCOc7c(C)cc(C)cc7C)[C@@H]5[C@H]4[C@@H]3C[C@@H]26)cc2c1CCN2S(C)(=O)=O. The van der Waals surface area contributed by atoms with Crippen LogP contribution in [-0.2, 0) is 31.4 Å². The summed E-state index contributed by atoms with van der Waals surface area (Å²) in [6, 6.07) is 10.2. The van der Waals surface area contributed by atoms with Gasteiger partial charge in [0.05, 0.1) is 63.6 Å². The molecule has 2 saturated heterocycles. The fraction of sp³-hybridized carbons (Fsp3) is 0.489. The van der Waals surface area contributed by atoms with Crippen LogP contribution in [0, 0.1) is 51.4 Å². The number of amides is 1. The van der Waals surface area contributed by atoms with E-state index >= 15 is 0 Å². The molecule has 3 aromatic rings. The third kappa shape index (κ3) is 5.24. The zero-order chi connectivity index (χ0) is 39.4. The topological polar surface area (TPSA) is 97.9 Å². The molecule has 1 saturated carbocycles. The van der Waals surface area contributed by atoms with E-state index in [9.17, 15) is 13.2 Å². The molecule has 5 aliphatic heterocycles. The molecule has 294 valence electrons. The number of anilines is 3. The molecular weight excluding hydrogens is 727 g/mol. The van der Waals surface area contributed by atoms with Crippen LogP contribution in [0.1, 0.15) is 65.1 Å². The highest BCUT2D eigenvalue weighted by molar-refractivity contribution is 7.92. The highest BCUT2D eigenvalue weighted by Gasteiger charge is 2.69. The van der Waals surface area contributed by atoms with Crippen LogP contribution in [0.25, 0.3) is 0 Å². The fourth-order valence-corrected chi connectivity index (χ4v) is 12.7. The van der Waals surface area contributed by atoms with Gasteiger partial charge in [0.25, 0.3) is 0 Å². The Kier molecular flexibility index (Phi) is 8.71. The molecule has 6 atom stereocenters. The number of sulfonamides is 1. The number of rotatable bonds is 8. The van der Waals surface area contributed by atoms with Gasteiger partial charge in [-0.3, -0.25) is 9.10 Å². The molecule has 0 N–H and O–H groups in total. The number of aryl methyl sites for hydroxylation is 3. The number of hydrogen-bond acceptors (Lipinski definition) is 8. The van der Waals surface area contributed by atoms with Crippen LogP contribution in [0.5, 0.6) is 17.2 Å². The third-order valence-corrected chi connectivity index (χ3v) is 14.9. The van der Waals surface area contributed by atoms with Crippen LogP contribution in [0.15, 0.2) is 42.0 Å². The van der Waals surface area contributed by atoms with E-state index < -0.39 is 15.4 Å². The number of ether oxygens (including phenoxy) is 4.